The van der Waals surface area contributed by atoms with Gasteiger partial charge >= 0.3 is 6.18 Å². The Morgan fingerprint density at radius 1 is 1.28 bits per heavy atom. The normalized spacial score (nSPS) is 11.9. The highest BCUT2D eigenvalue weighted by Gasteiger charge is 2.29. The first-order valence-electron chi connectivity index (χ1n) is 7.97. The van der Waals surface area contributed by atoms with Crippen molar-refractivity contribution in [1.82, 2.24) is 15.6 Å². The molecule has 1 rings (SSSR count). The summed E-state index contributed by atoms with van der Waals surface area (Å²) in [5, 5.41) is 6.28. The molecule has 1 heterocycles. The van der Waals surface area contributed by atoms with Crippen LogP contribution in [0.1, 0.15) is 32.3 Å². The van der Waals surface area contributed by atoms with E-state index in [0.717, 1.165) is 19.4 Å². The molecule has 0 saturated heterocycles. The zero-order valence-electron chi connectivity index (χ0n) is 14.7. The van der Waals surface area contributed by atoms with Crippen LogP contribution in [0.3, 0.4) is 0 Å². The molecule has 5 nitrogen and oxygen atoms in total. The molecule has 0 aliphatic heterocycles. The summed E-state index contributed by atoms with van der Waals surface area (Å²) in [6.07, 6.45) is -0.860. The third-order valence-electron chi connectivity index (χ3n) is 3.61. The second-order valence-electron chi connectivity index (χ2n) is 5.36. The van der Waals surface area contributed by atoms with Crippen molar-refractivity contribution in [2.45, 2.75) is 39.4 Å². The molecular weight excluding hydrogens is 448 g/mol. The van der Waals surface area contributed by atoms with Crippen LogP contribution in [0.5, 0.6) is 5.88 Å². The Morgan fingerprint density at radius 3 is 2.52 bits per heavy atom. The summed E-state index contributed by atoms with van der Waals surface area (Å²) >= 11 is 0. The first kappa shape index (κ1) is 23.7. The monoisotopic (exact) mass is 474 g/mol. The van der Waals surface area contributed by atoms with Crippen molar-refractivity contribution in [3.63, 3.8) is 0 Å². The summed E-state index contributed by atoms with van der Waals surface area (Å²) in [7, 11) is 1.65. The van der Waals surface area contributed by atoms with Crippen molar-refractivity contribution in [2.24, 2.45) is 10.9 Å². The van der Waals surface area contributed by atoms with Crippen molar-refractivity contribution in [3.05, 3.63) is 23.9 Å². The molecule has 0 saturated carbocycles. The SMILES string of the molecule is CCC(CC)CNC(=NC)NCc1cccnc1OCC(F)(F)F.I. The number of aliphatic imine (C=N–C) groups is 1. The van der Waals surface area contributed by atoms with Crippen LogP contribution >= 0.6 is 24.0 Å². The fourth-order valence-corrected chi connectivity index (χ4v) is 2.06. The van der Waals surface area contributed by atoms with Crippen LogP contribution in [0, 0.1) is 5.92 Å². The van der Waals surface area contributed by atoms with E-state index >= 15 is 0 Å². The number of pyridine rings is 1. The molecule has 25 heavy (non-hydrogen) atoms. The predicted molar refractivity (Wildman–Crippen MR) is 103 cm³/mol. The Kier molecular flexibility index (Phi) is 11.5. The quantitative estimate of drug-likeness (QED) is 0.343. The average Bonchev–Trinajstić information content (AvgIpc) is 2.56. The van der Waals surface area contributed by atoms with Gasteiger partial charge in [0.2, 0.25) is 5.88 Å². The summed E-state index contributed by atoms with van der Waals surface area (Å²) in [5.74, 6) is 1.11. The standard InChI is InChI=1S/C16H25F3N4O.HI/c1-4-12(5-2)9-22-15(20-3)23-10-13-7-6-8-21-14(13)24-11-16(17,18)19;/h6-8,12H,4-5,9-11H2,1-3H3,(H2,20,22,23);1H. The van der Waals surface area contributed by atoms with E-state index in [0.29, 0.717) is 17.4 Å². The molecule has 0 radical (unpaired) electrons. The lowest BCUT2D eigenvalue weighted by Crippen LogP contribution is -2.39. The van der Waals surface area contributed by atoms with E-state index in [1.165, 1.54) is 6.20 Å². The molecule has 0 fully saturated rings. The predicted octanol–water partition coefficient (Wildman–Crippen LogP) is 3.74. The Labute approximate surface area is 163 Å². The number of rotatable bonds is 8. The van der Waals surface area contributed by atoms with Crippen LogP contribution in [0.4, 0.5) is 13.2 Å². The van der Waals surface area contributed by atoms with Gasteiger partial charge in [-0.25, -0.2) is 4.98 Å². The van der Waals surface area contributed by atoms with Gasteiger partial charge in [-0.1, -0.05) is 32.8 Å². The van der Waals surface area contributed by atoms with E-state index in [2.05, 4.69) is 34.5 Å². The van der Waals surface area contributed by atoms with Gasteiger partial charge in [-0.15, -0.1) is 24.0 Å². The smallest absolute Gasteiger partial charge is 0.422 e. The summed E-state index contributed by atoms with van der Waals surface area (Å²) in [4.78, 5) is 7.98. The van der Waals surface area contributed by atoms with Gasteiger partial charge in [0.1, 0.15) is 0 Å². The molecule has 0 aromatic carbocycles. The lowest BCUT2D eigenvalue weighted by atomic mass is 10.0. The van der Waals surface area contributed by atoms with E-state index in [4.69, 9.17) is 4.74 Å². The zero-order valence-corrected chi connectivity index (χ0v) is 17.0. The molecule has 0 aliphatic carbocycles. The maximum atomic E-state index is 12.3. The first-order valence-corrected chi connectivity index (χ1v) is 7.97. The topological polar surface area (TPSA) is 58.5 Å². The molecule has 144 valence electrons. The Bertz CT molecular complexity index is 522. The fraction of sp³-hybridized carbons (Fsp3) is 0.625. The van der Waals surface area contributed by atoms with Crippen LogP contribution in [0.25, 0.3) is 0 Å². The summed E-state index contributed by atoms with van der Waals surface area (Å²) in [6, 6.07) is 3.32. The minimum Gasteiger partial charge on any atom is -0.468 e. The van der Waals surface area contributed by atoms with E-state index < -0.39 is 12.8 Å². The lowest BCUT2D eigenvalue weighted by molar-refractivity contribution is -0.154. The van der Waals surface area contributed by atoms with Crippen LogP contribution in [-0.2, 0) is 6.54 Å². The van der Waals surface area contributed by atoms with E-state index in [1.54, 1.807) is 19.2 Å². The molecule has 0 aliphatic rings. The number of alkyl halides is 3. The van der Waals surface area contributed by atoms with Gasteiger partial charge in [0.15, 0.2) is 12.6 Å². The Hall–Kier alpha value is -1.26. The minimum atomic E-state index is -4.39. The fourth-order valence-electron chi connectivity index (χ4n) is 2.06. The van der Waals surface area contributed by atoms with Crippen molar-refractivity contribution < 1.29 is 17.9 Å². The van der Waals surface area contributed by atoms with E-state index in [-0.39, 0.29) is 36.4 Å². The number of hydrogen-bond donors (Lipinski definition) is 2. The number of nitrogens with zero attached hydrogens (tertiary/aromatic N) is 2. The van der Waals surface area contributed by atoms with Crippen LogP contribution < -0.4 is 15.4 Å². The number of halogens is 4. The van der Waals surface area contributed by atoms with Crippen molar-refractivity contribution in [1.29, 1.82) is 0 Å². The summed E-state index contributed by atoms with van der Waals surface area (Å²) in [5.41, 5.74) is 0.534. The van der Waals surface area contributed by atoms with Gasteiger partial charge in [0.25, 0.3) is 0 Å². The molecule has 9 heteroatoms. The minimum absolute atomic E-state index is 0. The molecule has 0 atom stereocenters. The number of aromatic nitrogens is 1. The molecule has 0 unspecified atom stereocenters. The largest absolute Gasteiger partial charge is 0.468 e. The molecule has 1 aromatic rings. The first-order chi connectivity index (χ1) is 11.4. The average molecular weight is 474 g/mol. The van der Waals surface area contributed by atoms with Crippen molar-refractivity contribution in [3.8, 4) is 5.88 Å². The van der Waals surface area contributed by atoms with Crippen LogP contribution in [-0.4, -0.2) is 37.3 Å². The third kappa shape index (κ3) is 9.71. The van der Waals surface area contributed by atoms with Gasteiger partial charge < -0.3 is 15.4 Å². The molecule has 0 bridgehead atoms. The van der Waals surface area contributed by atoms with Crippen LogP contribution in [0.2, 0.25) is 0 Å². The number of guanidine groups is 1. The van der Waals surface area contributed by atoms with Gasteiger partial charge in [-0.3, -0.25) is 4.99 Å². The van der Waals surface area contributed by atoms with Crippen molar-refractivity contribution >= 4 is 29.9 Å². The molecule has 0 amide bonds. The van der Waals surface area contributed by atoms with Gasteiger partial charge in [-0.2, -0.15) is 13.2 Å². The number of nitrogens with one attached hydrogen (secondary N) is 2. The van der Waals surface area contributed by atoms with E-state index in [1.807, 2.05) is 0 Å². The Balaban J connectivity index is 0.00000576. The molecule has 0 spiro atoms. The van der Waals surface area contributed by atoms with Crippen LogP contribution in [0.15, 0.2) is 23.3 Å². The lowest BCUT2D eigenvalue weighted by Gasteiger charge is -2.17. The van der Waals surface area contributed by atoms with Crippen molar-refractivity contribution in [2.75, 3.05) is 20.2 Å². The zero-order chi connectivity index (χ0) is 18.0. The highest BCUT2D eigenvalue weighted by molar-refractivity contribution is 14.0. The van der Waals surface area contributed by atoms with Gasteiger partial charge in [0, 0.05) is 31.9 Å². The second-order valence-corrected chi connectivity index (χ2v) is 5.36. The highest BCUT2D eigenvalue weighted by Crippen LogP contribution is 2.19. The Morgan fingerprint density at radius 2 is 1.96 bits per heavy atom. The van der Waals surface area contributed by atoms with Gasteiger partial charge in [0.05, 0.1) is 0 Å². The highest BCUT2D eigenvalue weighted by atomic mass is 127. The molecule has 1 aromatic heterocycles. The summed E-state index contributed by atoms with van der Waals surface area (Å²) < 4.78 is 41.6. The second kappa shape index (κ2) is 12.2. The molecular formula is C16H26F3IN4O. The maximum absolute atomic E-state index is 12.3. The maximum Gasteiger partial charge on any atom is 0.422 e. The number of ether oxygens (including phenoxy) is 1. The van der Waals surface area contributed by atoms with E-state index in [9.17, 15) is 13.2 Å². The van der Waals surface area contributed by atoms with Gasteiger partial charge in [-0.05, 0) is 12.0 Å². The summed E-state index contributed by atoms with van der Waals surface area (Å²) in [6.45, 7) is 3.96. The molecule has 2 N–H and O–H groups in total. The number of hydrogen-bond acceptors (Lipinski definition) is 3. The third-order valence-corrected chi connectivity index (χ3v) is 3.61.